The largest absolute Gasteiger partial charge is 0.277 e. The van der Waals surface area contributed by atoms with Crippen LogP contribution in [0.15, 0.2) is 36.4 Å². The van der Waals surface area contributed by atoms with Gasteiger partial charge in [0.2, 0.25) is 11.8 Å². The molecule has 2 aliphatic carbocycles. The van der Waals surface area contributed by atoms with Crippen molar-refractivity contribution < 1.29 is 14.5 Å². The quantitative estimate of drug-likeness (QED) is 0.382. The number of carbonyl (C=O) groups is 2. The molecule has 1 aliphatic heterocycles. The van der Waals surface area contributed by atoms with Crippen LogP contribution in [0, 0.1) is 33.8 Å². The third-order valence-electron chi connectivity index (χ3n) is 6.30. The molecular weight excluding hydrogens is 352 g/mol. The van der Waals surface area contributed by atoms with Crippen LogP contribution in [0.3, 0.4) is 0 Å². The van der Waals surface area contributed by atoms with Crippen LogP contribution in [0.1, 0.15) is 12.8 Å². The second kappa shape index (κ2) is 5.30. The van der Waals surface area contributed by atoms with Gasteiger partial charge in [-0.2, -0.15) is 12.6 Å². The van der Waals surface area contributed by atoms with Crippen LogP contribution >= 0.6 is 12.6 Å². The number of fused-ring (bicyclic) bond motifs is 6. The molecule has 0 radical (unpaired) electrons. The van der Waals surface area contributed by atoms with Gasteiger partial charge in [0.1, 0.15) is 0 Å². The first-order valence-corrected chi connectivity index (χ1v) is 9.22. The molecule has 0 aromatic heterocycles. The van der Waals surface area contributed by atoms with E-state index in [9.17, 15) is 19.7 Å². The zero-order chi connectivity index (χ0) is 18.2. The van der Waals surface area contributed by atoms with Crippen molar-refractivity contribution in [1.29, 1.82) is 0 Å². The summed E-state index contributed by atoms with van der Waals surface area (Å²) in [5.74, 6) is -0.517. The van der Waals surface area contributed by atoms with Crippen molar-refractivity contribution in [3.8, 4) is 0 Å². The molecule has 1 saturated heterocycles. The average Bonchev–Trinajstić information content (AvgIpc) is 3.25. The van der Waals surface area contributed by atoms with Crippen LogP contribution in [-0.4, -0.2) is 22.0 Å². The first kappa shape index (κ1) is 15.8. The van der Waals surface area contributed by atoms with Crippen molar-refractivity contribution in [3.63, 3.8) is 0 Å². The Balaban J connectivity index is 1.66. The fraction of sp³-hybridized carbons (Fsp3) is 0.368. The van der Waals surface area contributed by atoms with Crippen molar-refractivity contribution in [2.45, 2.75) is 18.1 Å². The Morgan fingerprint density at radius 1 is 1.00 bits per heavy atom. The van der Waals surface area contributed by atoms with E-state index in [1.165, 1.54) is 17.0 Å². The molecule has 26 heavy (non-hydrogen) atoms. The molecule has 132 valence electrons. The number of nitro benzene ring substituents is 1. The highest BCUT2D eigenvalue weighted by atomic mass is 32.1. The lowest BCUT2D eigenvalue weighted by molar-refractivity contribution is -0.383. The molecule has 2 amide bonds. The van der Waals surface area contributed by atoms with E-state index < -0.39 is 4.92 Å². The molecule has 1 heterocycles. The Morgan fingerprint density at radius 2 is 1.69 bits per heavy atom. The summed E-state index contributed by atoms with van der Waals surface area (Å²) in [7, 11) is 0. The van der Waals surface area contributed by atoms with Crippen molar-refractivity contribution >= 4 is 46.6 Å². The number of anilines is 1. The molecule has 2 saturated carbocycles. The van der Waals surface area contributed by atoms with Crippen molar-refractivity contribution in [3.05, 3.63) is 46.5 Å². The molecule has 2 aromatic rings. The number of nitro groups is 1. The molecule has 2 bridgehead atoms. The summed E-state index contributed by atoms with van der Waals surface area (Å²) >= 11 is 4.60. The third kappa shape index (κ3) is 1.89. The lowest BCUT2D eigenvalue weighted by atomic mass is 9.81. The maximum absolute atomic E-state index is 13.1. The average molecular weight is 368 g/mol. The van der Waals surface area contributed by atoms with E-state index in [0.29, 0.717) is 16.5 Å². The topological polar surface area (TPSA) is 80.5 Å². The van der Waals surface area contributed by atoms with E-state index in [4.69, 9.17) is 0 Å². The minimum Gasteiger partial charge on any atom is -0.274 e. The van der Waals surface area contributed by atoms with Crippen molar-refractivity contribution in [2.75, 3.05) is 4.90 Å². The van der Waals surface area contributed by atoms with E-state index in [-0.39, 0.29) is 46.4 Å². The van der Waals surface area contributed by atoms with E-state index in [1.807, 2.05) is 0 Å². The number of hydrogen-bond donors (Lipinski definition) is 1. The molecule has 3 aliphatic rings. The molecule has 2 aromatic carbocycles. The summed E-state index contributed by atoms with van der Waals surface area (Å²) in [6.07, 6.45) is 1.78. The van der Waals surface area contributed by atoms with Crippen molar-refractivity contribution in [2.24, 2.45) is 23.7 Å². The molecule has 7 heteroatoms. The van der Waals surface area contributed by atoms with Gasteiger partial charge in [0.05, 0.1) is 27.8 Å². The zero-order valence-corrected chi connectivity index (χ0v) is 14.6. The molecule has 3 fully saturated rings. The summed E-state index contributed by atoms with van der Waals surface area (Å²) in [6.45, 7) is 0. The fourth-order valence-corrected chi connectivity index (χ4v) is 5.86. The predicted molar refractivity (Wildman–Crippen MR) is 99.1 cm³/mol. The van der Waals surface area contributed by atoms with Crippen LogP contribution < -0.4 is 4.90 Å². The van der Waals surface area contributed by atoms with Gasteiger partial charge in [-0.25, -0.2) is 4.90 Å². The minimum absolute atomic E-state index is 0.0286. The summed E-state index contributed by atoms with van der Waals surface area (Å²) < 4.78 is 0. The van der Waals surface area contributed by atoms with E-state index in [0.717, 1.165) is 12.8 Å². The monoisotopic (exact) mass is 368 g/mol. The summed E-state index contributed by atoms with van der Waals surface area (Å²) in [5.41, 5.74) is 0.421. The third-order valence-corrected chi connectivity index (χ3v) is 6.89. The first-order valence-electron chi connectivity index (χ1n) is 8.71. The second-order valence-corrected chi connectivity index (χ2v) is 8.10. The Hall–Kier alpha value is -2.41. The molecular formula is C19H16N2O4S. The minimum atomic E-state index is -0.444. The van der Waals surface area contributed by atoms with Gasteiger partial charge in [-0.1, -0.05) is 18.2 Å². The van der Waals surface area contributed by atoms with Crippen LogP contribution in [0.2, 0.25) is 0 Å². The number of nitrogens with zero attached hydrogens (tertiary/aromatic N) is 2. The highest BCUT2D eigenvalue weighted by Crippen LogP contribution is 2.58. The standard InChI is InChI=1S/C19H16N2O4S/c22-18-16-9-7-12(15(26)8-9)17(16)19(23)20(18)13-5-6-14(21(24)25)11-4-2-1-3-10(11)13/h1-6,9,12,15-17,26H,7-8H2/t9-,12+,15+,16+,17-/m1/s1. The lowest BCUT2D eigenvalue weighted by Gasteiger charge is -2.24. The highest BCUT2D eigenvalue weighted by Gasteiger charge is 2.63. The summed E-state index contributed by atoms with van der Waals surface area (Å²) in [5, 5.41) is 12.5. The molecule has 0 spiro atoms. The number of rotatable bonds is 2. The van der Waals surface area contributed by atoms with Crippen LogP contribution in [-0.2, 0) is 9.59 Å². The van der Waals surface area contributed by atoms with Crippen LogP contribution in [0.4, 0.5) is 11.4 Å². The predicted octanol–water partition coefficient (Wildman–Crippen LogP) is 3.19. The van der Waals surface area contributed by atoms with E-state index in [2.05, 4.69) is 12.6 Å². The van der Waals surface area contributed by atoms with Gasteiger partial charge < -0.3 is 0 Å². The van der Waals surface area contributed by atoms with Gasteiger partial charge in [0.15, 0.2) is 0 Å². The maximum Gasteiger partial charge on any atom is 0.277 e. The van der Waals surface area contributed by atoms with Gasteiger partial charge in [-0.15, -0.1) is 0 Å². The van der Waals surface area contributed by atoms with E-state index >= 15 is 0 Å². The number of amides is 2. The Kier molecular flexibility index (Phi) is 3.22. The van der Waals surface area contributed by atoms with Crippen LogP contribution in [0.5, 0.6) is 0 Å². The van der Waals surface area contributed by atoms with Crippen LogP contribution in [0.25, 0.3) is 10.8 Å². The maximum atomic E-state index is 13.1. The van der Waals surface area contributed by atoms with Gasteiger partial charge in [0, 0.05) is 16.7 Å². The van der Waals surface area contributed by atoms with Gasteiger partial charge in [-0.05, 0) is 36.8 Å². The lowest BCUT2D eigenvalue weighted by Crippen LogP contribution is -2.33. The molecule has 0 unspecified atom stereocenters. The summed E-state index contributed by atoms with van der Waals surface area (Å²) in [6, 6.07) is 9.75. The van der Waals surface area contributed by atoms with Gasteiger partial charge in [0.25, 0.3) is 5.69 Å². The number of non-ortho nitro benzene ring substituents is 1. The Morgan fingerprint density at radius 3 is 2.42 bits per heavy atom. The number of hydrogen-bond acceptors (Lipinski definition) is 5. The highest BCUT2D eigenvalue weighted by molar-refractivity contribution is 7.81. The van der Waals surface area contributed by atoms with Gasteiger partial charge in [-0.3, -0.25) is 19.7 Å². The van der Waals surface area contributed by atoms with Crippen molar-refractivity contribution in [1.82, 2.24) is 0 Å². The Labute approximate surface area is 154 Å². The SMILES string of the molecule is O=C1[C@@H]2[C@H]3C[C@H](C[C@@H]3S)[C@@H]2C(=O)N1c1ccc([N+](=O)[O-])c2ccccc12. The Bertz CT molecular complexity index is 991. The molecule has 5 rings (SSSR count). The van der Waals surface area contributed by atoms with E-state index in [1.54, 1.807) is 24.3 Å². The van der Waals surface area contributed by atoms with Gasteiger partial charge >= 0.3 is 0 Å². The first-order chi connectivity index (χ1) is 12.5. The number of thiol groups is 1. The normalized spacial score (nSPS) is 32.5. The number of carbonyl (C=O) groups excluding carboxylic acids is 2. The second-order valence-electron chi connectivity index (χ2n) is 7.43. The molecule has 6 nitrogen and oxygen atoms in total. The number of imide groups is 1. The molecule has 5 atom stereocenters. The molecule has 0 N–H and O–H groups in total. The number of benzene rings is 2. The smallest absolute Gasteiger partial charge is 0.274 e. The summed E-state index contributed by atoms with van der Waals surface area (Å²) in [4.78, 5) is 38.4. The zero-order valence-electron chi connectivity index (χ0n) is 13.7. The fourth-order valence-electron chi connectivity index (χ4n) is 5.28.